The number of aliphatic hydroxyl groups is 2. The van der Waals surface area contributed by atoms with Gasteiger partial charge in [0.15, 0.2) is 0 Å². The van der Waals surface area contributed by atoms with Gasteiger partial charge in [-0.15, -0.1) is 0 Å². The molecule has 0 spiro atoms. The highest BCUT2D eigenvalue weighted by atomic mass is 16.3. The molecule has 0 aromatic carbocycles. The van der Waals surface area contributed by atoms with E-state index in [0.717, 1.165) is 6.42 Å². The van der Waals surface area contributed by atoms with Gasteiger partial charge in [-0.2, -0.15) is 5.10 Å². The molecule has 1 atom stereocenters. The molecule has 0 aliphatic carbocycles. The summed E-state index contributed by atoms with van der Waals surface area (Å²) in [5.74, 6) is 0. The summed E-state index contributed by atoms with van der Waals surface area (Å²) in [7, 11) is 0. The maximum atomic E-state index is 9.82. The number of likely N-dealkylation sites (tertiary alicyclic amines) is 1. The molecule has 16 heavy (non-hydrogen) atoms. The largest absolute Gasteiger partial charge is 0.390 e. The van der Waals surface area contributed by atoms with E-state index in [0.29, 0.717) is 26.2 Å². The minimum absolute atomic E-state index is 0.429. The number of rotatable bonds is 5. The molecular formula is C11H19N3O2. The molecule has 0 radical (unpaired) electrons. The van der Waals surface area contributed by atoms with Gasteiger partial charge in [-0.25, -0.2) is 0 Å². The second-order valence-electron chi connectivity index (χ2n) is 4.63. The van der Waals surface area contributed by atoms with Crippen molar-refractivity contribution in [3.05, 3.63) is 18.5 Å². The molecule has 1 aromatic rings. The Kier molecular flexibility index (Phi) is 3.28. The number of hydrogen-bond donors (Lipinski definition) is 2. The monoisotopic (exact) mass is 225 g/mol. The molecule has 90 valence electrons. The Morgan fingerprint density at radius 2 is 2.19 bits per heavy atom. The Labute approximate surface area is 95.3 Å². The van der Waals surface area contributed by atoms with Crippen LogP contribution < -0.4 is 0 Å². The fraction of sp³-hybridized carbons (Fsp3) is 0.727. The van der Waals surface area contributed by atoms with E-state index < -0.39 is 11.7 Å². The number of aliphatic hydroxyl groups excluding tert-OH is 1. The first-order valence-corrected chi connectivity index (χ1v) is 5.71. The Bertz CT molecular complexity index is 320. The zero-order valence-electron chi connectivity index (χ0n) is 9.58. The van der Waals surface area contributed by atoms with E-state index in [-0.39, 0.29) is 0 Å². The smallest absolute Gasteiger partial charge is 0.0897 e. The van der Waals surface area contributed by atoms with Crippen LogP contribution in [0.25, 0.3) is 0 Å². The fourth-order valence-electron chi connectivity index (χ4n) is 2.12. The predicted molar refractivity (Wildman–Crippen MR) is 59.9 cm³/mol. The average molecular weight is 225 g/mol. The first kappa shape index (κ1) is 11.6. The molecule has 0 amide bonds. The third kappa shape index (κ3) is 2.61. The van der Waals surface area contributed by atoms with Crippen LogP contribution in [0.2, 0.25) is 0 Å². The molecule has 1 unspecified atom stereocenters. The van der Waals surface area contributed by atoms with E-state index in [2.05, 4.69) is 10.00 Å². The lowest BCUT2D eigenvalue weighted by Crippen LogP contribution is -2.62. The van der Waals surface area contributed by atoms with Crippen molar-refractivity contribution in [3.63, 3.8) is 0 Å². The highest BCUT2D eigenvalue weighted by Gasteiger charge is 2.39. The van der Waals surface area contributed by atoms with E-state index in [4.69, 9.17) is 0 Å². The van der Waals surface area contributed by atoms with Crippen molar-refractivity contribution in [3.8, 4) is 0 Å². The molecule has 0 saturated carbocycles. The summed E-state index contributed by atoms with van der Waals surface area (Å²) in [6, 6.07) is 1.84. The van der Waals surface area contributed by atoms with Crippen LogP contribution in [0.1, 0.15) is 13.3 Å². The van der Waals surface area contributed by atoms with E-state index in [1.807, 2.05) is 19.2 Å². The molecule has 5 nitrogen and oxygen atoms in total. The van der Waals surface area contributed by atoms with Gasteiger partial charge in [-0.05, 0) is 12.5 Å². The van der Waals surface area contributed by atoms with Crippen molar-refractivity contribution in [2.24, 2.45) is 0 Å². The molecule has 1 saturated heterocycles. The van der Waals surface area contributed by atoms with Gasteiger partial charge in [0, 0.05) is 32.0 Å². The molecule has 1 aliphatic heterocycles. The van der Waals surface area contributed by atoms with E-state index >= 15 is 0 Å². The van der Waals surface area contributed by atoms with Crippen LogP contribution in [-0.2, 0) is 6.54 Å². The maximum absolute atomic E-state index is 9.82. The zero-order chi connectivity index (χ0) is 11.6. The van der Waals surface area contributed by atoms with Gasteiger partial charge < -0.3 is 10.2 Å². The molecule has 2 N–H and O–H groups in total. The molecule has 1 aliphatic rings. The van der Waals surface area contributed by atoms with Crippen LogP contribution >= 0.6 is 0 Å². The van der Waals surface area contributed by atoms with Crippen LogP contribution in [0.5, 0.6) is 0 Å². The van der Waals surface area contributed by atoms with Gasteiger partial charge in [0.2, 0.25) is 0 Å². The number of hydrogen-bond acceptors (Lipinski definition) is 4. The average Bonchev–Trinajstić information content (AvgIpc) is 2.67. The topological polar surface area (TPSA) is 61.5 Å². The number of β-amino-alcohol motifs (C(OH)–C–C–N with tert-alkyl or cyclic N) is 2. The zero-order valence-corrected chi connectivity index (χ0v) is 9.58. The lowest BCUT2D eigenvalue weighted by Gasteiger charge is -2.46. The van der Waals surface area contributed by atoms with Gasteiger partial charge in [-0.3, -0.25) is 9.58 Å². The van der Waals surface area contributed by atoms with E-state index in [1.54, 1.807) is 10.9 Å². The Balaban J connectivity index is 1.71. The van der Waals surface area contributed by atoms with Crippen LogP contribution in [-0.4, -0.2) is 56.2 Å². The molecule has 2 rings (SSSR count). The minimum atomic E-state index is -0.522. The van der Waals surface area contributed by atoms with Crippen LogP contribution in [0.3, 0.4) is 0 Å². The standard InChI is InChI=1S/C11H19N3O2/c1-2-11(16)8-13(9-11)6-10(15)7-14-5-3-4-12-14/h3-5,10,15-16H,2,6-9H2,1H3. The number of nitrogens with zero attached hydrogens (tertiary/aromatic N) is 3. The van der Waals surface area contributed by atoms with Crippen LogP contribution in [0.15, 0.2) is 18.5 Å². The van der Waals surface area contributed by atoms with E-state index in [9.17, 15) is 10.2 Å². The van der Waals surface area contributed by atoms with Crippen molar-refractivity contribution in [2.75, 3.05) is 19.6 Å². The third-order valence-corrected chi connectivity index (χ3v) is 3.12. The quantitative estimate of drug-likeness (QED) is 0.722. The second-order valence-corrected chi connectivity index (χ2v) is 4.63. The summed E-state index contributed by atoms with van der Waals surface area (Å²) in [6.07, 6.45) is 3.88. The Morgan fingerprint density at radius 1 is 1.44 bits per heavy atom. The summed E-state index contributed by atoms with van der Waals surface area (Å²) in [6.45, 7) is 4.42. The highest BCUT2D eigenvalue weighted by molar-refractivity contribution is 4.94. The van der Waals surface area contributed by atoms with Crippen LogP contribution in [0.4, 0.5) is 0 Å². The molecular weight excluding hydrogens is 206 g/mol. The van der Waals surface area contributed by atoms with Gasteiger partial charge in [0.05, 0.1) is 18.2 Å². The number of aromatic nitrogens is 2. The van der Waals surface area contributed by atoms with Crippen molar-refractivity contribution in [2.45, 2.75) is 31.6 Å². The highest BCUT2D eigenvalue weighted by Crippen LogP contribution is 2.23. The van der Waals surface area contributed by atoms with Crippen molar-refractivity contribution >= 4 is 0 Å². The Hall–Kier alpha value is -0.910. The Morgan fingerprint density at radius 3 is 2.75 bits per heavy atom. The van der Waals surface area contributed by atoms with Crippen molar-refractivity contribution in [1.29, 1.82) is 0 Å². The molecule has 2 heterocycles. The fourth-order valence-corrected chi connectivity index (χ4v) is 2.12. The maximum Gasteiger partial charge on any atom is 0.0897 e. The van der Waals surface area contributed by atoms with E-state index in [1.165, 1.54) is 0 Å². The summed E-state index contributed by atoms with van der Waals surface area (Å²) >= 11 is 0. The van der Waals surface area contributed by atoms with Gasteiger partial charge in [0.1, 0.15) is 0 Å². The SMILES string of the molecule is CCC1(O)CN(CC(O)Cn2cccn2)C1. The lowest BCUT2D eigenvalue weighted by molar-refractivity contribution is -0.111. The molecule has 5 heteroatoms. The van der Waals surface area contributed by atoms with Crippen molar-refractivity contribution < 1.29 is 10.2 Å². The first-order valence-electron chi connectivity index (χ1n) is 5.71. The molecule has 1 aromatic heterocycles. The van der Waals surface area contributed by atoms with Crippen molar-refractivity contribution in [1.82, 2.24) is 14.7 Å². The third-order valence-electron chi connectivity index (χ3n) is 3.12. The summed E-state index contributed by atoms with van der Waals surface area (Å²) in [5, 5.41) is 23.7. The minimum Gasteiger partial charge on any atom is -0.390 e. The summed E-state index contributed by atoms with van der Waals surface area (Å²) in [4.78, 5) is 2.07. The summed E-state index contributed by atoms with van der Waals surface area (Å²) < 4.78 is 1.72. The first-order chi connectivity index (χ1) is 7.61. The second kappa shape index (κ2) is 4.53. The lowest BCUT2D eigenvalue weighted by atomic mass is 9.91. The normalized spacial score (nSPS) is 21.7. The van der Waals surface area contributed by atoms with Gasteiger partial charge in [-0.1, -0.05) is 6.92 Å². The van der Waals surface area contributed by atoms with Crippen LogP contribution in [0, 0.1) is 0 Å². The van der Waals surface area contributed by atoms with Gasteiger partial charge in [0.25, 0.3) is 0 Å². The predicted octanol–water partition coefficient (Wildman–Crippen LogP) is -0.299. The molecule has 1 fully saturated rings. The summed E-state index contributed by atoms with van der Waals surface area (Å²) in [5.41, 5.74) is -0.522. The molecule has 0 bridgehead atoms. The van der Waals surface area contributed by atoms with Gasteiger partial charge >= 0.3 is 0 Å².